The molecule has 1 aromatic carbocycles. The Labute approximate surface area is 125 Å². The molecular weight excluding hydrogens is 268 g/mol. The van der Waals surface area contributed by atoms with E-state index in [-0.39, 0.29) is 6.04 Å². The molecule has 0 fully saturated rings. The molecule has 0 aliphatic heterocycles. The van der Waals surface area contributed by atoms with Gasteiger partial charge in [-0.05, 0) is 45.1 Å². The van der Waals surface area contributed by atoms with Gasteiger partial charge in [-0.3, -0.25) is 4.68 Å². The summed E-state index contributed by atoms with van der Waals surface area (Å²) >= 11 is 5.35. The summed E-state index contributed by atoms with van der Waals surface area (Å²) in [6, 6.07) is 8.26. The molecule has 2 rings (SSSR count). The molecule has 1 heterocycles. The molecule has 4 nitrogen and oxygen atoms in total. The normalized spacial score (nSPS) is 12.0. The van der Waals surface area contributed by atoms with Crippen LogP contribution >= 0.6 is 12.2 Å². The fourth-order valence-electron chi connectivity index (χ4n) is 2.12. The van der Waals surface area contributed by atoms with Gasteiger partial charge >= 0.3 is 0 Å². The maximum atomic E-state index is 5.35. The second kappa shape index (κ2) is 6.05. The van der Waals surface area contributed by atoms with Gasteiger partial charge in [-0.1, -0.05) is 17.7 Å². The van der Waals surface area contributed by atoms with Crippen LogP contribution in [0.5, 0.6) is 0 Å². The SMILES string of the molecule is Cc1ccc(NC(=S)N[C@H](C)c2cn(C)nc2C)cc1. The highest BCUT2D eigenvalue weighted by Gasteiger charge is 2.12. The summed E-state index contributed by atoms with van der Waals surface area (Å²) < 4.78 is 1.82. The van der Waals surface area contributed by atoms with Crippen LogP contribution in [0, 0.1) is 13.8 Å². The average Bonchev–Trinajstić information content (AvgIpc) is 2.71. The van der Waals surface area contributed by atoms with Crippen molar-refractivity contribution in [3.05, 3.63) is 47.3 Å². The first-order valence-electron chi connectivity index (χ1n) is 6.60. The van der Waals surface area contributed by atoms with Gasteiger partial charge in [0.2, 0.25) is 0 Å². The Morgan fingerprint density at radius 2 is 1.90 bits per heavy atom. The van der Waals surface area contributed by atoms with E-state index in [2.05, 4.69) is 41.7 Å². The molecule has 106 valence electrons. The average molecular weight is 288 g/mol. The van der Waals surface area contributed by atoms with Crippen LogP contribution in [0.1, 0.15) is 29.8 Å². The van der Waals surface area contributed by atoms with Gasteiger partial charge < -0.3 is 10.6 Å². The largest absolute Gasteiger partial charge is 0.356 e. The van der Waals surface area contributed by atoms with E-state index in [1.54, 1.807) is 0 Å². The number of nitrogens with zero attached hydrogens (tertiary/aromatic N) is 2. The number of aromatic nitrogens is 2. The van der Waals surface area contributed by atoms with Crippen molar-refractivity contribution >= 4 is 23.0 Å². The van der Waals surface area contributed by atoms with E-state index in [1.165, 1.54) is 5.56 Å². The van der Waals surface area contributed by atoms with E-state index in [4.69, 9.17) is 12.2 Å². The summed E-state index contributed by atoms with van der Waals surface area (Å²) in [6.07, 6.45) is 2.02. The highest BCUT2D eigenvalue weighted by molar-refractivity contribution is 7.80. The topological polar surface area (TPSA) is 41.9 Å². The second-order valence-electron chi connectivity index (χ2n) is 5.03. The van der Waals surface area contributed by atoms with Gasteiger partial charge in [0.1, 0.15) is 0 Å². The van der Waals surface area contributed by atoms with Gasteiger partial charge in [0.25, 0.3) is 0 Å². The molecule has 2 aromatic rings. The second-order valence-corrected chi connectivity index (χ2v) is 5.44. The minimum atomic E-state index is 0.120. The molecule has 5 heteroatoms. The summed E-state index contributed by atoms with van der Waals surface area (Å²) in [6.45, 7) is 6.14. The Hall–Kier alpha value is -1.88. The predicted molar refractivity (Wildman–Crippen MR) is 86.9 cm³/mol. The third-order valence-electron chi connectivity index (χ3n) is 3.17. The van der Waals surface area contributed by atoms with Crippen LogP contribution in [0.3, 0.4) is 0 Å². The number of hydrogen-bond donors (Lipinski definition) is 2. The summed E-state index contributed by atoms with van der Waals surface area (Å²) in [7, 11) is 1.92. The zero-order valence-corrected chi connectivity index (χ0v) is 13.1. The van der Waals surface area contributed by atoms with Crippen molar-refractivity contribution in [1.82, 2.24) is 15.1 Å². The lowest BCUT2D eigenvalue weighted by Gasteiger charge is -2.16. The quantitative estimate of drug-likeness (QED) is 0.852. The van der Waals surface area contributed by atoms with Crippen molar-refractivity contribution in [2.45, 2.75) is 26.8 Å². The van der Waals surface area contributed by atoms with Crippen LogP contribution in [0.4, 0.5) is 5.69 Å². The number of aryl methyl sites for hydroxylation is 3. The van der Waals surface area contributed by atoms with Crippen LogP contribution in [0.15, 0.2) is 30.5 Å². The van der Waals surface area contributed by atoms with Crippen molar-refractivity contribution in [2.24, 2.45) is 7.05 Å². The van der Waals surface area contributed by atoms with Crippen molar-refractivity contribution in [1.29, 1.82) is 0 Å². The van der Waals surface area contributed by atoms with E-state index in [9.17, 15) is 0 Å². The van der Waals surface area contributed by atoms with Crippen LogP contribution in [0.2, 0.25) is 0 Å². The summed E-state index contributed by atoms with van der Waals surface area (Å²) in [5.41, 5.74) is 4.39. The van der Waals surface area contributed by atoms with Crippen LogP contribution in [-0.2, 0) is 7.05 Å². The maximum absolute atomic E-state index is 5.35. The van der Waals surface area contributed by atoms with Gasteiger partial charge in [-0.25, -0.2) is 0 Å². The zero-order chi connectivity index (χ0) is 14.7. The van der Waals surface area contributed by atoms with E-state index < -0.39 is 0 Å². The molecule has 0 saturated heterocycles. The van der Waals surface area contributed by atoms with Gasteiger partial charge in [-0.2, -0.15) is 5.10 Å². The number of nitrogens with one attached hydrogen (secondary N) is 2. The Kier molecular flexibility index (Phi) is 4.39. The fraction of sp³-hybridized carbons (Fsp3) is 0.333. The summed E-state index contributed by atoms with van der Waals surface area (Å²) in [4.78, 5) is 0. The highest BCUT2D eigenvalue weighted by Crippen LogP contribution is 2.16. The fourth-order valence-corrected chi connectivity index (χ4v) is 2.42. The molecule has 0 amide bonds. The molecule has 0 saturated carbocycles. The maximum Gasteiger partial charge on any atom is 0.171 e. The molecule has 0 aliphatic carbocycles. The van der Waals surface area contributed by atoms with E-state index >= 15 is 0 Å². The molecular formula is C15H20N4S. The lowest BCUT2D eigenvalue weighted by atomic mass is 10.1. The molecule has 2 N–H and O–H groups in total. The molecule has 0 spiro atoms. The Morgan fingerprint density at radius 3 is 2.45 bits per heavy atom. The van der Waals surface area contributed by atoms with E-state index in [1.807, 2.05) is 37.0 Å². The third kappa shape index (κ3) is 3.57. The standard InChI is InChI=1S/C15H20N4S/c1-10-5-7-13(8-6-10)17-15(20)16-11(2)14-9-19(4)18-12(14)3/h5-9,11H,1-4H3,(H2,16,17,20)/t11-/m1/s1. The van der Waals surface area contributed by atoms with Crippen molar-refractivity contribution in [3.63, 3.8) is 0 Å². The van der Waals surface area contributed by atoms with Gasteiger partial charge in [-0.15, -0.1) is 0 Å². The molecule has 20 heavy (non-hydrogen) atoms. The van der Waals surface area contributed by atoms with Gasteiger partial charge in [0, 0.05) is 24.5 Å². The predicted octanol–water partition coefficient (Wildman–Crippen LogP) is 3.08. The number of thiocarbonyl (C=S) groups is 1. The third-order valence-corrected chi connectivity index (χ3v) is 3.39. The monoisotopic (exact) mass is 288 g/mol. The van der Waals surface area contributed by atoms with Crippen molar-refractivity contribution in [2.75, 3.05) is 5.32 Å². The Balaban J connectivity index is 1.97. The molecule has 0 aliphatic rings. The first-order valence-corrected chi connectivity index (χ1v) is 7.01. The Morgan fingerprint density at radius 1 is 1.25 bits per heavy atom. The van der Waals surface area contributed by atoms with E-state index in [0.29, 0.717) is 5.11 Å². The smallest absolute Gasteiger partial charge is 0.171 e. The molecule has 1 aromatic heterocycles. The van der Waals surface area contributed by atoms with Gasteiger partial charge in [0.05, 0.1) is 11.7 Å². The highest BCUT2D eigenvalue weighted by atomic mass is 32.1. The Bertz CT molecular complexity index is 601. The number of rotatable bonds is 3. The van der Waals surface area contributed by atoms with E-state index in [0.717, 1.165) is 16.9 Å². The molecule has 1 atom stereocenters. The summed E-state index contributed by atoms with van der Waals surface area (Å²) in [5, 5.41) is 11.4. The number of benzene rings is 1. The van der Waals surface area contributed by atoms with Crippen LogP contribution < -0.4 is 10.6 Å². The molecule has 0 unspecified atom stereocenters. The van der Waals surface area contributed by atoms with Crippen molar-refractivity contribution in [3.8, 4) is 0 Å². The minimum absolute atomic E-state index is 0.120. The van der Waals surface area contributed by atoms with Crippen molar-refractivity contribution < 1.29 is 0 Å². The zero-order valence-electron chi connectivity index (χ0n) is 12.3. The first kappa shape index (κ1) is 14.5. The molecule has 0 bridgehead atoms. The number of anilines is 1. The first-order chi connectivity index (χ1) is 9.45. The lowest BCUT2D eigenvalue weighted by Crippen LogP contribution is -2.31. The van der Waals surface area contributed by atoms with Crippen LogP contribution in [0.25, 0.3) is 0 Å². The minimum Gasteiger partial charge on any atom is -0.356 e. The van der Waals surface area contributed by atoms with Crippen LogP contribution in [-0.4, -0.2) is 14.9 Å². The molecule has 0 radical (unpaired) electrons. The number of hydrogen-bond acceptors (Lipinski definition) is 2. The van der Waals surface area contributed by atoms with Gasteiger partial charge in [0.15, 0.2) is 5.11 Å². The summed E-state index contributed by atoms with van der Waals surface area (Å²) in [5.74, 6) is 0. The lowest BCUT2D eigenvalue weighted by molar-refractivity contribution is 0.715.